The molecule has 0 heterocycles. The topological polar surface area (TPSA) is 66.9 Å². The molecule has 0 spiro atoms. The molecule has 2 aromatic rings. The van der Waals surface area contributed by atoms with Crippen molar-refractivity contribution in [3.63, 3.8) is 0 Å². The van der Waals surface area contributed by atoms with Gasteiger partial charge in [-0.05, 0) is 28.5 Å². The van der Waals surface area contributed by atoms with Crippen molar-refractivity contribution in [1.29, 1.82) is 5.26 Å². The van der Waals surface area contributed by atoms with Gasteiger partial charge in [0.25, 0.3) is 5.91 Å². The summed E-state index contributed by atoms with van der Waals surface area (Å²) in [5, 5.41) is 10.9. The fourth-order valence-corrected chi connectivity index (χ4v) is 1.62. The Labute approximate surface area is 98.8 Å². The molecule has 0 radical (unpaired) electrons. The van der Waals surface area contributed by atoms with Gasteiger partial charge < -0.3 is 5.73 Å². The molecule has 0 aromatic heterocycles. The summed E-state index contributed by atoms with van der Waals surface area (Å²) in [6, 6.07) is 15.4. The molecule has 17 heavy (non-hydrogen) atoms. The number of nitrogens with zero attached hydrogens (tertiary/aromatic N) is 1. The average molecular weight is 222 g/mol. The summed E-state index contributed by atoms with van der Waals surface area (Å²) in [6.07, 6.45) is 1.49. The van der Waals surface area contributed by atoms with Gasteiger partial charge in [-0.15, -0.1) is 0 Å². The number of hydrogen-bond donors (Lipinski definition) is 1. The van der Waals surface area contributed by atoms with E-state index < -0.39 is 5.91 Å². The third-order valence-electron chi connectivity index (χ3n) is 2.47. The zero-order valence-corrected chi connectivity index (χ0v) is 9.05. The molecule has 0 unspecified atom stereocenters. The number of nitriles is 1. The van der Waals surface area contributed by atoms with Crippen molar-refractivity contribution in [2.45, 2.75) is 0 Å². The van der Waals surface area contributed by atoms with Crippen LogP contribution in [0.5, 0.6) is 0 Å². The van der Waals surface area contributed by atoms with Gasteiger partial charge >= 0.3 is 0 Å². The Balaban J connectivity index is 2.51. The van der Waals surface area contributed by atoms with Crippen LogP contribution in [0, 0.1) is 11.3 Å². The Morgan fingerprint density at radius 1 is 1.18 bits per heavy atom. The van der Waals surface area contributed by atoms with Crippen LogP contribution >= 0.6 is 0 Å². The Morgan fingerprint density at radius 2 is 1.88 bits per heavy atom. The molecule has 3 heteroatoms. The van der Waals surface area contributed by atoms with Crippen molar-refractivity contribution in [3.8, 4) is 6.07 Å². The number of primary amides is 1. The molecular formula is C14H10N2O. The fourth-order valence-electron chi connectivity index (χ4n) is 1.62. The first-order valence-corrected chi connectivity index (χ1v) is 5.11. The highest BCUT2D eigenvalue weighted by atomic mass is 16.1. The molecule has 0 fully saturated rings. The molecule has 2 rings (SSSR count). The SMILES string of the molecule is N#C/C(=C\c1ccc2ccccc2c1)C(N)=O. The molecule has 3 nitrogen and oxygen atoms in total. The van der Waals surface area contributed by atoms with Gasteiger partial charge in [-0.3, -0.25) is 4.79 Å². The van der Waals surface area contributed by atoms with Crippen LogP contribution in [0.1, 0.15) is 5.56 Å². The molecule has 0 aliphatic carbocycles. The Hall–Kier alpha value is -2.60. The summed E-state index contributed by atoms with van der Waals surface area (Å²) in [5.41, 5.74) is 5.83. The van der Waals surface area contributed by atoms with Gasteiger partial charge in [0.1, 0.15) is 11.6 Å². The Bertz CT molecular complexity index is 651. The summed E-state index contributed by atoms with van der Waals surface area (Å²) in [4.78, 5) is 10.9. The predicted octanol–water partition coefficient (Wildman–Crippen LogP) is 2.23. The monoisotopic (exact) mass is 222 g/mol. The number of hydrogen-bond acceptors (Lipinski definition) is 2. The van der Waals surface area contributed by atoms with E-state index in [9.17, 15) is 4.79 Å². The molecule has 0 aliphatic rings. The van der Waals surface area contributed by atoms with Gasteiger partial charge in [-0.25, -0.2) is 0 Å². The molecule has 82 valence electrons. The van der Waals surface area contributed by atoms with Gasteiger partial charge in [0.2, 0.25) is 0 Å². The lowest BCUT2D eigenvalue weighted by atomic mass is 10.1. The second kappa shape index (κ2) is 4.50. The third-order valence-corrected chi connectivity index (χ3v) is 2.47. The van der Waals surface area contributed by atoms with E-state index in [-0.39, 0.29) is 5.57 Å². The first-order valence-electron chi connectivity index (χ1n) is 5.11. The van der Waals surface area contributed by atoms with Crippen LogP contribution in [0.15, 0.2) is 48.0 Å². The number of benzene rings is 2. The van der Waals surface area contributed by atoms with Crippen molar-refractivity contribution in [2.24, 2.45) is 5.73 Å². The van der Waals surface area contributed by atoms with Gasteiger partial charge in [-0.1, -0.05) is 36.4 Å². The van der Waals surface area contributed by atoms with Crippen LogP contribution in [-0.4, -0.2) is 5.91 Å². The summed E-state index contributed by atoms with van der Waals surface area (Å²) in [7, 11) is 0. The summed E-state index contributed by atoms with van der Waals surface area (Å²) in [5.74, 6) is -0.708. The number of rotatable bonds is 2. The zero-order chi connectivity index (χ0) is 12.3. The lowest BCUT2D eigenvalue weighted by Gasteiger charge is -1.99. The smallest absolute Gasteiger partial charge is 0.259 e. The minimum atomic E-state index is -0.708. The van der Waals surface area contributed by atoms with E-state index in [2.05, 4.69) is 0 Å². The van der Waals surface area contributed by atoms with Crippen LogP contribution in [-0.2, 0) is 4.79 Å². The minimum absolute atomic E-state index is 0.0414. The van der Waals surface area contributed by atoms with Crippen LogP contribution < -0.4 is 5.73 Å². The van der Waals surface area contributed by atoms with Gasteiger partial charge in [0.05, 0.1) is 0 Å². The van der Waals surface area contributed by atoms with Crippen LogP contribution in [0.3, 0.4) is 0 Å². The normalized spacial score (nSPS) is 11.1. The van der Waals surface area contributed by atoms with E-state index in [0.29, 0.717) is 0 Å². The van der Waals surface area contributed by atoms with Crippen LogP contribution in [0.4, 0.5) is 0 Å². The molecule has 0 saturated heterocycles. The maximum atomic E-state index is 10.9. The first-order chi connectivity index (χ1) is 8.20. The molecule has 0 bridgehead atoms. The van der Waals surface area contributed by atoms with E-state index in [4.69, 9.17) is 11.0 Å². The standard InChI is InChI=1S/C14H10N2O/c15-9-13(14(16)17)8-10-5-6-11-3-1-2-4-12(11)7-10/h1-8H,(H2,16,17)/b13-8+. The van der Waals surface area contributed by atoms with Crippen LogP contribution in [0.2, 0.25) is 0 Å². The molecule has 2 N–H and O–H groups in total. The summed E-state index contributed by atoms with van der Waals surface area (Å²) < 4.78 is 0. The van der Waals surface area contributed by atoms with Crippen molar-refractivity contribution in [2.75, 3.05) is 0 Å². The fraction of sp³-hybridized carbons (Fsp3) is 0. The highest BCUT2D eigenvalue weighted by Gasteiger charge is 2.03. The Kier molecular flexibility index (Phi) is 2.89. The van der Waals surface area contributed by atoms with Crippen molar-refractivity contribution in [1.82, 2.24) is 0 Å². The number of carbonyl (C=O) groups is 1. The predicted molar refractivity (Wildman–Crippen MR) is 66.7 cm³/mol. The average Bonchev–Trinajstić information content (AvgIpc) is 2.35. The van der Waals surface area contributed by atoms with Gasteiger partial charge in [-0.2, -0.15) is 5.26 Å². The molecule has 2 aromatic carbocycles. The van der Waals surface area contributed by atoms with E-state index in [1.807, 2.05) is 42.5 Å². The van der Waals surface area contributed by atoms with Gasteiger partial charge in [0, 0.05) is 0 Å². The highest BCUT2D eigenvalue weighted by Crippen LogP contribution is 2.17. The van der Waals surface area contributed by atoms with Crippen LogP contribution in [0.25, 0.3) is 16.8 Å². The highest BCUT2D eigenvalue weighted by molar-refractivity contribution is 6.01. The lowest BCUT2D eigenvalue weighted by Crippen LogP contribution is -2.12. The Morgan fingerprint density at radius 3 is 2.53 bits per heavy atom. The maximum absolute atomic E-state index is 10.9. The first kappa shape index (κ1) is 10.9. The number of fused-ring (bicyclic) bond motifs is 1. The van der Waals surface area contributed by atoms with Crippen molar-refractivity contribution < 1.29 is 4.79 Å². The summed E-state index contributed by atoms with van der Waals surface area (Å²) >= 11 is 0. The molecule has 0 saturated carbocycles. The molecule has 0 atom stereocenters. The minimum Gasteiger partial charge on any atom is -0.365 e. The van der Waals surface area contributed by atoms with Gasteiger partial charge in [0.15, 0.2) is 0 Å². The van der Waals surface area contributed by atoms with E-state index in [0.717, 1.165) is 16.3 Å². The zero-order valence-electron chi connectivity index (χ0n) is 9.05. The quantitative estimate of drug-likeness (QED) is 0.625. The van der Waals surface area contributed by atoms with E-state index >= 15 is 0 Å². The van der Waals surface area contributed by atoms with Crippen molar-refractivity contribution in [3.05, 3.63) is 53.6 Å². The molecule has 0 aliphatic heterocycles. The second-order valence-electron chi connectivity index (χ2n) is 3.64. The maximum Gasteiger partial charge on any atom is 0.259 e. The third kappa shape index (κ3) is 2.32. The van der Waals surface area contributed by atoms with Crippen molar-refractivity contribution >= 4 is 22.8 Å². The lowest BCUT2D eigenvalue weighted by molar-refractivity contribution is -0.114. The number of carbonyl (C=O) groups excluding carboxylic acids is 1. The van der Waals surface area contributed by atoms with E-state index in [1.54, 1.807) is 6.07 Å². The molecular weight excluding hydrogens is 212 g/mol. The number of amides is 1. The largest absolute Gasteiger partial charge is 0.365 e. The summed E-state index contributed by atoms with van der Waals surface area (Å²) in [6.45, 7) is 0. The molecule has 1 amide bonds. The number of nitrogens with two attached hydrogens (primary N) is 1. The second-order valence-corrected chi connectivity index (χ2v) is 3.64. The van der Waals surface area contributed by atoms with E-state index in [1.165, 1.54) is 6.08 Å².